The second-order valence-electron chi connectivity index (χ2n) is 6.63. The van der Waals surface area contributed by atoms with Crippen molar-refractivity contribution in [3.05, 3.63) is 29.8 Å². The Labute approximate surface area is 145 Å². The number of carbonyl (C=O) groups excluding carboxylic acids is 1. The number of nitrogens with one attached hydrogen (secondary N) is 1. The van der Waals surface area contributed by atoms with Crippen LogP contribution in [0.15, 0.2) is 24.3 Å². The molecule has 4 nitrogen and oxygen atoms in total. The maximum absolute atomic E-state index is 12.9. The van der Waals surface area contributed by atoms with Crippen LogP contribution < -0.4 is 10.1 Å². The lowest BCUT2D eigenvalue weighted by atomic mass is 10.1. The van der Waals surface area contributed by atoms with Crippen molar-refractivity contribution in [2.75, 3.05) is 13.1 Å². The van der Waals surface area contributed by atoms with Gasteiger partial charge in [-0.3, -0.25) is 4.79 Å². The fourth-order valence-corrected chi connectivity index (χ4v) is 3.66. The van der Waals surface area contributed by atoms with E-state index in [1.807, 2.05) is 38.1 Å². The molecule has 0 aromatic heterocycles. The van der Waals surface area contributed by atoms with E-state index in [-0.39, 0.29) is 24.4 Å². The highest BCUT2D eigenvalue weighted by Gasteiger charge is 2.37. The van der Waals surface area contributed by atoms with Gasteiger partial charge in [0.2, 0.25) is 5.91 Å². The van der Waals surface area contributed by atoms with Crippen molar-refractivity contribution in [3.63, 3.8) is 0 Å². The molecule has 0 aliphatic carbocycles. The fraction of sp³-hybridized carbons (Fsp3) is 0.611. The predicted molar refractivity (Wildman–Crippen MR) is 94.3 cm³/mol. The minimum Gasteiger partial charge on any atom is -0.491 e. The highest BCUT2D eigenvalue weighted by molar-refractivity contribution is 5.85. The average Bonchev–Trinajstić information content (AvgIpc) is 2.74. The van der Waals surface area contributed by atoms with E-state index >= 15 is 0 Å². The molecule has 2 unspecified atom stereocenters. The molecule has 1 amide bonds. The van der Waals surface area contributed by atoms with Gasteiger partial charge >= 0.3 is 0 Å². The predicted octanol–water partition coefficient (Wildman–Crippen LogP) is 2.79. The lowest BCUT2D eigenvalue weighted by Gasteiger charge is -2.28. The van der Waals surface area contributed by atoms with Gasteiger partial charge in [0.05, 0.1) is 12.5 Å². The number of hydrogen-bond donors (Lipinski definition) is 1. The fourth-order valence-electron chi connectivity index (χ4n) is 3.66. The monoisotopic (exact) mass is 338 g/mol. The van der Waals surface area contributed by atoms with E-state index in [0.717, 1.165) is 43.7 Å². The number of benzene rings is 1. The average molecular weight is 339 g/mol. The van der Waals surface area contributed by atoms with Gasteiger partial charge in [-0.2, -0.15) is 0 Å². The van der Waals surface area contributed by atoms with E-state index in [0.29, 0.717) is 18.5 Å². The molecule has 1 aromatic carbocycles. The van der Waals surface area contributed by atoms with Gasteiger partial charge < -0.3 is 15.0 Å². The van der Waals surface area contributed by atoms with Crippen LogP contribution in [-0.4, -0.2) is 42.1 Å². The van der Waals surface area contributed by atoms with Gasteiger partial charge in [-0.1, -0.05) is 18.2 Å². The van der Waals surface area contributed by atoms with Crippen LogP contribution in [0.1, 0.15) is 38.7 Å². The molecule has 2 aliphatic heterocycles. The Morgan fingerprint density at radius 1 is 1.26 bits per heavy atom. The Bertz CT molecular complexity index is 522. The van der Waals surface area contributed by atoms with E-state index < -0.39 is 0 Å². The smallest absolute Gasteiger partial charge is 0.227 e. The maximum Gasteiger partial charge on any atom is 0.227 e. The summed E-state index contributed by atoms with van der Waals surface area (Å²) in [5.74, 6) is 1.09. The molecule has 0 radical (unpaired) electrons. The topological polar surface area (TPSA) is 41.6 Å². The van der Waals surface area contributed by atoms with Crippen molar-refractivity contribution in [1.82, 2.24) is 10.2 Å². The van der Waals surface area contributed by atoms with Crippen molar-refractivity contribution in [2.24, 2.45) is 0 Å². The summed E-state index contributed by atoms with van der Waals surface area (Å²) in [4.78, 5) is 15.0. The van der Waals surface area contributed by atoms with Crippen molar-refractivity contribution in [2.45, 2.75) is 57.7 Å². The van der Waals surface area contributed by atoms with Crippen LogP contribution in [0.2, 0.25) is 0 Å². The van der Waals surface area contributed by atoms with Crippen molar-refractivity contribution < 1.29 is 9.53 Å². The first kappa shape index (κ1) is 18.1. The first-order chi connectivity index (χ1) is 10.6. The van der Waals surface area contributed by atoms with E-state index in [4.69, 9.17) is 4.74 Å². The molecule has 2 fully saturated rings. The third-order valence-corrected chi connectivity index (χ3v) is 4.62. The first-order valence-corrected chi connectivity index (χ1v) is 8.41. The Morgan fingerprint density at radius 2 is 2.00 bits per heavy atom. The second kappa shape index (κ2) is 8.02. The van der Waals surface area contributed by atoms with E-state index in [9.17, 15) is 4.79 Å². The highest BCUT2D eigenvalue weighted by Crippen LogP contribution is 2.29. The zero-order valence-corrected chi connectivity index (χ0v) is 14.8. The van der Waals surface area contributed by atoms with Crippen LogP contribution in [-0.2, 0) is 11.2 Å². The molecule has 5 heteroatoms. The number of halogens is 1. The molecule has 1 N–H and O–H groups in total. The minimum atomic E-state index is 0. The lowest BCUT2D eigenvalue weighted by molar-refractivity contribution is -0.133. The van der Waals surface area contributed by atoms with E-state index in [1.54, 1.807) is 0 Å². The van der Waals surface area contributed by atoms with Crippen molar-refractivity contribution in [1.29, 1.82) is 0 Å². The summed E-state index contributed by atoms with van der Waals surface area (Å²) in [5.41, 5.74) is 0.998. The third kappa shape index (κ3) is 4.18. The zero-order valence-electron chi connectivity index (χ0n) is 14.0. The molecule has 2 aliphatic rings. The van der Waals surface area contributed by atoms with E-state index in [2.05, 4.69) is 10.2 Å². The molecular weight excluding hydrogens is 312 g/mol. The summed E-state index contributed by atoms with van der Waals surface area (Å²) >= 11 is 0. The molecule has 2 heterocycles. The van der Waals surface area contributed by atoms with Gasteiger partial charge in [-0.15, -0.1) is 12.4 Å². The molecule has 2 atom stereocenters. The number of nitrogens with zero attached hydrogens (tertiary/aromatic N) is 1. The second-order valence-corrected chi connectivity index (χ2v) is 6.63. The van der Waals surface area contributed by atoms with Crippen LogP contribution in [0.5, 0.6) is 5.75 Å². The minimum absolute atomic E-state index is 0. The standard InChI is InChI=1S/C18H26N2O2.ClH/c1-13(2)22-17-6-4-3-5-14(17)11-18(21)20-15-7-8-16(20)12-19-10-9-15;/h3-6,13,15-16,19H,7-12H2,1-2H3;1H. The van der Waals surface area contributed by atoms with Gasteiger partial charge in [0.25, 0.3) is 0 Å². The number of fused-ring (bicyclic) bond motifs is 2. The quantitative estimate of drug-likeness (QED) is 0.917. The highest BCUT2D eigenvalue weighted by atomic mass is 35.5. The molecule has 128 valence electrons. The normalized spacial score (nSPS) is 23.3. The largest absolute Gasteiger partial charge is 0.491 e. The summed E-state index contributed by atoms with van der Waals surface area (Å²) in [5, 5.41) is 3.45. The molecule has 2 saturated heterocycles. The van der Waals surface area contributed by atoms with Crippen LogP contribution in [0.4, 0.5) is 0 Å². The summed E-state index contributed by atoms with van der Waals surface area (Å²) in [6, 6.07) is 8.71. The van der Waals surface area contributed by atoms with Crippen LogP contribution >= 0.6 is 12.4 Å². The molecule has 2 bridgehead atoms. The van der Waals surface area contributed by atoms with Crippen molar-refractivity contribution >= 4 is 18.3 Å². The van der Waals surface area contributed by atoms with Crippen LogP contribution in [0.3, 0.4) is 0 Å². The number of ether oxygens (including phenoxy) is 1. The Hall–Kier alpha value is -1.26. The third-order valence-electron chi connectivity index (χ3n) is 4.62. The van der Waals surface area contributed by atoms with Gasteiger partial charge in [0, 0.05) is 24.2 Å². The number of para-hydroxylation sites is 1. The summed E-state index contributed by atoms with van der Waals surface area (Å²) in [6.45, 7) is 5.99. The Morgan fingerprint density at radius 3 is 2.78 bits per heavy atom. The number of hydrogen-bond acceptors (Lipinski definition) is 3. The Kier molecular flexibility index (Phi) is 6.31. The molecule has 1 aromatic rings. The number of amides is 1. The molecule has 23 heavy (non-hydrogen) atoms. The van der Waals surface area contributed by atoms with Crippen LogP contribution in [0, 0.1) is 0 Å². The van der Waals surface area contributed by atoms with E-state index in [1.165, 1.54) is 0 Å². The van der Waals surface area contributed by atoms with Crippen molar-refractivity contribution in [3.8, 4) is 5.75 Å². The Balaban J connectivity index is 0.00000192. The van der Waals surface area contributed by atoms with Crippen LogP contribution in [0.25, 0.3) is 0 Å². The molecule has 0 saturated carbocycles. The molecule has 0 spiro atoms. The summed E-state index contributed by atoms with van der Waals surface area (Å²) < 4.78 is 5.84. The zero-order chi connectivity index (χ0) is 15.5. The maximum atomic E-state index is 12.9. The number of carbonyl (C=O) groups is 1. The SMILES string of the molecule is CC(C)Oc1ccccc1CC(=O)N1C2CCNCC1CC2.Cl. The summed E-state index contributed by atoms with van der Waals surface area (Å²) in [6.07, 6.45) is 3.92. The first-order valence-electron chi connectivity index (χ1n) is 8.41. The lowest BCUT2D eigenvalue weighted by Crippen LogP contribution is -2.43. The molecule has 3 rings (SSSR count). The van der Waals surface area contributed by atoms with Gasteiger partial charge in [0.1, 0.15) is 5.75 Å². The summed E-state index contributed by atoms with van der Waals surface area (Å²) in [7, 11) is 0. The van der Waals surface area contributed by atoms with Gasteiger partial charge in [-0.25, -0.2) is 0 Å². The van der Waals surface area contributed by atoms with Gasteiger partial charge in [0.15, 0.2) is 0 Å². The van der Waals surface area contributed by atoms with Gasteiger partial charge in [-0.05, 0) is 45.7 Å². The number of rotatable bonds is 4. The molecular formula is C18H27ClN2O2.